The second-order valence-corrected chi connectivity index (χ2v) is 8.54. The number of hydrogen-bond donors (Lipinski definition) is 1. The topological polar surface area (TPSA) is 65.8 Å². The maximum atomic E-state index is 12.8. The van der Waals surface area contributed by atoms with Gasteiger partial charge in [-0.1, -0.05) is 30.3 Å². The first-order valence-corrected chi connectivity index (χ1v) is 10.7. The van der Waals surface area contributed by atoms with Gasteiger partial charge in [0.2, 0.25) is 5.91 Å². The van der Waals surface area contributed by atoms with Crippen LogP contribution in [-0.4, -0.2) is 35.3 Å². The molecule has 0 spiro atoms. The van der Waals surface area contributed by atoms with Crippen molar-refractivity contribution in [2.75, 3.05) is 13.6 Å². The minimum absolute atomic E-state index is 0.0246. The van der Waals surface area contributed by atoms with E-state index in [0.29, 0.717) is 19.6 Å². The highest BCUT2D eigenvalue weighted by Gasteiger charge is 2.17. The summed E-state index contributed by atoms with van der Waals surface area (Å²) >= 11 is 1.68. The fourth-order valence-electron chi connectivity index (χ4n) is 3.08. The van der Waals surface area contributed by atoms with Crippen LogP contribution in [0.3, 0.4) is 0 Å². The van der Waals surface area contributed by atoms with Gasteiger partial charge in [-0.2, -0.15) is 0 Å². The van der Waals surface area contributed by atoms with E-state index in [1.54, 1.807) is 34.4 Å². The van der Waals surface area contributed by atoms with E-state index in [2.05, 4.69) is 11.4 Å². The lowest BCUT2D eigenvalue weighted by Gasteiger charge is -2.22. The molecule has 0 aliphatic carbocycles. The van der Waals surface area contributed by atoms with Gasteiger partial charge in [0, 0.05) is 36.3 Å². The quantitative estimate of drug-likeness (QED) is 0.552. The Labute approximate surface area is 181 Å². The van der Waals surface area contributed by atoms with E-state index >= 15 is 0 Å². The molecule has 0 aliphatic heterocycles. The van der Waals surface area contributed by atoms with E-state index in [4.69, 9.17) is 4.42 Å². The van der Waals surface area contributed by atoms with Crippen LogP contribution in [0, 0.1) is 6.92 Å². The van der Waals surface area contributed by atoms with Crippen LogP contribution in [0.1, 0.15) is 27.5 Å². The highest BCUT2D eigenvalue weighted by Crippen LogP contribution is 2.19. The lowest BCUT2D eigenvalue weighted by atomic mass is 10.2. The molecule has 3 rings (SSSR count). The molecular weight excluding hydrogens is 398 g/mol. The molecule has 158 valence electrons. The van der Waals surface area contributed by atoms with Gasteiger partial charge in [0.05, 0.1) is 19.4 Å². The minimum Gasteiger partial charge on any atom is -0.467 e. The van der Waals surface area contributed by atoms with Gasteiger partial charge in [-0.15, -0.1) is 11.3 Å². The summed E-state index contributed by atoms with van der Waals surface area (Å²) in [5, 5.41) is 2.83. The number of aryl methyl sites for hydroxylation is 1. The first kappa shape index (κ1) is 21.6. The van der Waals surface area contributed by atoms with E-state index in [1.165, 1.54) is 4.88 Å². The van der Waals surface area contributed by atoms with Crippen LogP contribution in [0.4, 0.5) is 4.79 Å². The fourth-order valence-corrected chi connectivity index (χ4v) is 3.99. The summed E-state index contributed by atoms with van der Waals surface area (Å²) in [6.07, 6.45) is 1.84. The summed E-state index contributed by atoms with van der Waals surface area (Å²) in [6.45, 7) is 3.79. The van der Waals surface area contributed by atoms with Gasteiger partial charge >= 0.3 is 6.03 Å². The van der Waals surface area contributed by atoms with Gasteiger partial charge in [0.15, 0.2) is 0 Å². The zero-order valence-electron chi connectivity index (χ0n) is 17.3. The molecule has 2 aromatic heterocycles. The Morgan fingerprint density at radius 3 is 2.47 bits per heavy atom. The fraction of sp³-hybridized carbons (Fsp3) is 0.304. The molecule has 6 nitrogen and oxygen atoms in total. The van der Waals surface area contributed by atoms with Gasteiger partial charge in [-0.05, 0) is 36.8 Å². The van der Waals surface area contributed by atoms with Gasteiger partial charge < -0.3 is 19.5 Å². The van der Waals surface area contributed by atoms with Crippen molar-refractivity contribution in [2.45, 2.75) is 33.0 Å². The van der Waals surface area contributed by atoms with Crippen LogP contribution in [0.25, 0.3) is 0 Å². The molecule has 2 heterocycles. The number of carbonyl (C=O) groups is 2. The Balaban J connectivity index is 1.51. The third kappa shape index (κ3) is 6.49. The average Bonchev–Trinajstić information content (AvgIpc) is 3.39. The smallest absolute Gasteiger partial charge is 0.317 e. The largest absolute Gasteiger partial charge is 0.467 e. The SMILES string of the molecule is Cc1ccc(CN(Cc2ccco2)C(=O)CCNC(=O)N(C)Cc2ccccc2)s1. The molecule has 3 aromatic rings. The lowest BCUT2D eigenvalue weighted by Crippen LogP contribution is -2.39. The zero-order valence-corrected chi connectivity index (χ0v) is 18.2. The zero-order chi connectivity index (χ0) is 21.3. The molecule has 7 heteroatoms. The van der Waals surface area contributed by atoms with Gasteiger partial charge in [0.25, 0.3) is 0 Å². The second-order valence-electron chi connectivity index (χ2n) is 7.17. The third-order valence-electron chi connectivity index (χ3n) is 4.65. The van der Waals surface area contributed by atoms with Crippen molar-refractivity contribution in [2.24, 2.45) is 0 Å². The van der Waals surface area contributed by atoms with Crippen LogP contribution in [0.2, 0.25) is 0 Å². The Hall–Kier alpha value is -3.06. The van der Waals surface area contributed by atoms with Gasteiger partial charge in [0.1, 0.15) is 5.76 Å². The van der Waals surface area contributed by atoms with Crippen LogP contribution in [0.15, 0.2) is 65.3 Å². The Morgan fingerprint density at radius 2 is 1.80 bits per heavy atom. The number of urea groups is 1. The van der Waals surface area contributed by atoms with Gasteiger partial charge in [-0.25, -0.2) is 4.79 Å². The summed E-state index contributed by atoms with van der Waals surface area (Å²) in [7, 11) is 1.74. The van der Waals surface area contributed by atoms with Crippen LogP contribution < -0.4 is 5.32 Å². The number of thiophene rings is 1. The van der Waals surface area contributed by atoms with E-state index < -0.39 is 0 Å². The van der Waals surface area contributed by atoms with Crippen molar-refractivity contribution in [1.82, 2.24) is 15.1 Å². The van der Waals surface area contributed by atoms with E-state index in [0.717, 1.165) is 16.2 Å². The predicted octanol–water partition coefficient (Wildman–Crippen LogP) is 4.41. The van der Waals surface area contributed by atoms with Crippen molar-refractivity contribution in [1.29, 1.82) is 0 Å². The highest BCUT2D eigenvalue weighted by atomic mass is 32.1. The van der Waals surface area contributed by atoms with E-state index in [-0.39, 0.29) is 24.9 Å². The second kappa shape index (κ2) is 10.6. The molecule has 0 atom stereocenters. The summed E-state index contributed by atoms with van der Waals surface area (Å²) < 4.78 is 5.42. The maximum absolute atomic E-state index is 12.8. The number of furan rings is 1. The molecule has 0 fully saturated rings. The van der Waals surface area contributed by atoms with E-state index in [9.17, 15) is 9.59 Å². The lowest BCUT2D eigenvalue weighted by molar-refractivity contribution is -0.132. The predicted molar refractivity (Wildman–Crippen MR) is 118 cm³/mol. The first-order valence-electron chi connectivity index (χ1n) is 9.89. The van der Waals surface area contributed by atoms with Crippen LogP contribution >= 0.6 is 11.3 Å². The molecule has 1 N–H and O–H groups in total. The normalized spacial score (nSPS) is 10.6. The summed E-state index contributed by atoms with van der Waals surface area (Å²) in [6, 6.07) is 17.4. The molecular formula is C23H27N3O3S. The molecule has 30 heavy (non-hydrogen) atoms. The number of nitrogens with one attached hydrogen (secondary N) is 1. The molecule has 0 aliphatic rings. The molecule has 0 unspecified atom stereocenters. The van der Waals surface area contributed by atoms with Crippen molar-refractivity contribution in [3.05, 3.63) is 81.9 Å². The number of hydrogen-bond acceptors (Lipinski definition) is 4. The molecule has 0 saturated carbocycles. The highest BCUT2D eigenvalue weighted by molar-refractivity contribution is 7.11. The molecule has 0 saturated heterocycles. The Kier molecular flexibility index (Phi) is 7.68. The van der Waals surface area contributed by atoms with Crippen LogP contribution in [0.5, 0.6) is 0 Å². The molecule has 0 bridgehead atoms. The standard InChI is InChI=1S/C23H27N3O3S/c1-18-10-11-21(30-18)17-26(16-20-9-6-14-29-20)22(27)12-13-24-23(28)25(2)15-19-7-4-3-5-8-19/h3-11,14H,12-13,15-17H2,1-2H3,(H,24,28). The van der Waals surface area contributed by atoms with Crippen LogP contribution in [-0.2, 0) is 24.4 Å². The van der Waals surface area contributed by atoms with Crippen molar-refractivity contribution < 1.29 is 14.0 Å². The van der Waals surface area contributed by atoms with Crippen molar-refractivity contribution >= 4 is 23.3 Å². The van der Waals surface area contributed by atoms with Crippen molar-refractivity contribution in [3.63, 3.8) is 0 Å². The molecule has 0 radical (unpaired) electrons. The molecule has 1 aromatic carbocycles. The summed E-state index contributed by atoms with van der Waals surface area (Å²) in [5.74, 6) is 0.715. The van der Waals surface area contributed by atoms with Gasteiger partial charge in [-0.3, -0.25) is 4.79 Å². The average molecular weight is 426 g/mol. The summed E-state index contributed by atoms with van der Waals surface area (Å²) in [5.41, 5.74) is 1.06. The number of rotatable bonds is 9. The number of benzene rings is 1. The minimum atomic E-state index is -0.196. The number of amides is 3. The third-order valence-corrected chi connectivity index (χ3v) is 5.63. The van der Waals surface area contributed by atoms with E-state index in [1.807, 2.05) is 55.5 Å². The Morgan fingerprint density at radius 1 is 1.00 bits per heavy atom. The molecule has 3 amide bonds. The first-order chi connectivity index (χ1) is 14.5. The summed E-state index contributed by atoms with van der Waals surface area (Å²) in [4.78, 5) is 30.9. The Bertz CT molecular complexity index is 938. The van der Waals surface area contributed by atoms with Crippen molar-refractivity contribution in [3.8, 4) is 0 Å². The number of carbonyl (C=O) groups excluding carboxylic acids is 2. The number of nitrogens with zero attached hydrogens (tertiary/aromatic N) is 2. The maximum Gasteiger partial charge on any atom is 0.317 e. The monoisotopic (exact) mass is 425 g/mol.